The summed E-state index contributed by atoms with van der Waals surface area (Å²) in [7, 11) is 0. The van der Waals surface area contributed by atoms with Crippen LogP contribution >= 0.6 is 11.8 Å². The van der Waals surface area contributed by atoms with E-state index in [0.717, 1.165) is 9.79 Å². The van der Waals surface area contributed by atoms with Crippen LogP contribution in [0.4, 0.5) is 21.9 Å². The number of carbonyl (C=O) groups excluding carboxylic acids is 2. The van der Waals surface area contributed by atoms with Crippen LogP contribution in [-0.2, 0) is 0 Å². The molecule has 0 aromatic heterocycles. The predicted octanol–water partition coefficient (Wildman–Crippen LogP) is 6.73. The summed E-state index contributed by atoms with van der Waals surface area (Å²) in [6.45, 7) is 0. The van der Waals surface area contributed by atoms with Crippen LogP contribution in [0.15, 0.2) is 119 Å². The fourth-order valence-electron chi connectivity index (χ4n) is 3.00. The van der Waals surface area contributed by atoms with E-state index in [2.05, 4.69) is 16.0 Å². The quantitative estimate of drug-likeness (QED) is 0.312. The Morgan fingerprint density at radius 2 is 1.06 bits per heavy atom. The minimum atomic E-state index is -0.389. The highest BCUT2D eigenvalue weighted by Crippen LogP contribution is 2.28. The Morgan fingerprint density at radius 1 is 0.531 bits per heavy atom. The second kappa shape index (κ2) is 10.3. The van der Waals surface area contributed by atoms with E-state index in [-0.39, 0.29) is 11.9 Å². The summed E-state index contributed by atoms with van der Waals surface area (Å²) in [6, 6.07) is 33.3. The van der Waals surface area contributed by atoms with Gasteiger partial charge < -0.3 is 16.0 Å². The van der Waals surface area contributed by atoms with Crippen LogP contribution in [0.3, 0.4) is 0 Å². The molecule has 4 aromatic rings. The Balaban J connectivity index is 1.40. The highest BCUT2D eigenvalue weighted by Gasteiger charge is 2.11. The number of anilines is 3. The Kier molecular flexibility index (Phi) is 6.84. The molecule has 0 spiro atoms. The second-order valence-electron chi connectivity index (χ2n) is 6.88. The van der Waals surface area contributed by atoms with Crippen molar-refractivity contribution in [3.63, 3.8) is 0 Å². The number of carbonyl (C=O) groups is 2. The van der Waals surface area contributed by atoms with Crippen molar-refractivity contribution >= 4 is 40.8 Å². The van der Waals surface area contributed by atoms with Gasteiger partial charge >= 0.3 is 6.03 Å². The minimum Gasteiger partial charge on any atom is -0.320 e. The van der Waals surface area contributed by atoms with Gasteiger partial charge in [0.2, 0.25) is 0 Å². The monoisotopic (exact) mass is 439 g/mol. The van der Waals surface area contributed by atoms with E-state index < -0.39 is 0 Å². The molecule has 4 aromatic carbocycles. The van der Waals surface area contributed by atoms with E-state index in [4.69, 9.17) is 0 Å². The van der Waals surface area contributed by atoms with Crippen LogP contribution in [0.2, 0.25) is 0 Å². The number of hydrogen-bond donors (Lipinski definition) is 3. The van der Waals surface area contributed by atoms with E-state index in [1.54, 1.807) is 60.3 Å². The van der Waals surface area contributed by atoms with Gasteiger partial charge in [-0.25, -0.2) is 4.79 Å². The van der Waals surface area contributed by atoms with Gasteiger partial charge in [0.15, 0.2) is 0 Å². The lowest BCUT2D eigenvalue weighted by molar-refractivity contribution is 0.102. The van der Waals surface area contributed by atoms with Gasteiger partial charge in [-0.3, -0.25) is 4.79 Å². The molecule has 0 aliphatic heterocycles. The fourth-order valence-corrected chi connectivity index (χ4v) is 3.84. The van der Waals surface area contributed by atoms with E-state index >= 15 is 0 Å². The molecule has 0 saturated carbocycles. The van der Waals surface area contributed by atoms with Crippen molar-refractivity contribution in [2.75, 3.05) is 16.0 Å². The highest BCUT2D eigenvalue weighted by molar-refractivity contribution is 7.99. The summed E-state index contributed by atoms with van der Waals surface area (Å²) in [4.78, 5) is 27.3. The van der Waals surface area contributed by atoms with Crippen molar-refractivity contribution in [3.8, 4) is 0 Å². The van der Waals surface area contributed by atoms with Crippen LogP contribution in [0.25, 0.3) is 0 Å². The lowest BCUT2D eigenvalue weighted by atomic mass is 10.2. The number of hydrogen-bond acceptors (Lipinski definition) is 3. The molecule has 3 amide bonds. The van der Waals surface area contributed by atoms with Crippen molar-refractivity contribution in [2.24, 2.45) is 0 Å². The van der Waals surface area contributed by atoms with Crippen molar-refractivity contribution < 1.29 is 9.59 Å². The van der Waals surface area contributed by atoms with Crippen LogP contribution in [0, 0.1) is 0 Å². The molecule has 5 nitrogen and oxygen atoms in total. The van der Waals surface area contributed by atoms with Gasteiger partial charge in [-0.05, 0) is 60.7 Å². The summed E-state index contributed by atoms with van der Waals surface area (Å²) in [6.07, 6.45) is 0. The predicted molar refractivity (Wildman–Crippen MR) is 130 cm³/mol. The average Bonchev–Trinajstić information content (AvgIpc) is 2.82. The molecule has 0 aliphatic carbocycles. The first-order chi connectivity index (χ1) is 15.7. The first-order valence-electron chi connectivity index (χ1n) is 10.0. The molecule has 32 heavy (non-hydrogen) atoms. The summed E-state index contributed by atoms with van der Waals surface area (Å²) in [5.41, 5.74) is 2.24. The van der Waals surface area contributed by atoms with E-state index in [0.29, 0.717) is 22.6 Å². The Bertz CT molecular complexity index is 1200. The normalized spacial score (nSPS) is 10.2. The summed E-state index contributed by atoms with van der Waals surface area (Å²) in [5, 5.41) is 8.42. The maximum absolute atomic E-state index is 12.8. The van der Waals surface area contributed by atoms with Gasteiger partial charge in [-0.15, -0.1) is 0 Å². The lowest BCUT2D eigenvalue weighted by Gasteiger charge is -2.13. The van der Waals surface area contributed by atoms with E-state index in [1.807, 2.05) is 60.7 Å². The van der Waals surface area contributed by atoms with Crippen LogP contribution < -0.4 is 16.0 Å². The molecule has 0 aliphatic rings. The number of benzene rings is 4. The molecule has 0 fully saturated rings. The molecule has 4 rings (SSSR count). The van der Waals surface area contributed by atoms with Gasteiger partial charge in [0.05, 0.1) is 11.4 Å². The number of para-hydroxylation sites is 3. The van der Waals surface area contributed by atoms with Crippen molar-refractivity contribution in [1.82, 2.24) is 0 Å². The highest BCUT2D eigenvalue weighted by atomic mass is 32.2. The third kappa shape index (κ3) is 5.77. The zero-order valence-electron chi connectivity index (χ0n) is 17.1. The Hall–Kier alpha value is -4.03. The van der Waals surface area contributed by atoms with Crippen LogP contribution in [0.1, 0.15) is 10.4 Å². The third-order valence-electron chi connectivity index (χ3n) is 4.55. The Labute approximate surface area is 190 Å². The maximum atomic E-state index is 12.8. The molecule has 0 radical (unpaired) electrons. The summed E-state index contributed by atoms with van der Waals surface area (Å²) in [5.74, 6) is -0.251. The molecule has 6 heteroatoms. The third-order valence-corrected chi connectivity index (χ3v) is 5.57. The van der Waals surface area contributed by atoms with Gasteiger partial charge in [0.25, 0.3) is 5.91 Å². The molecule has 158 valence electrons. The largest absolute Gasteiger partial charge is 0.323 e. The topological polar surface area (TPSA) is 70.2 Å². The molecule has 0 heterocycles. The number of nitrogens with one attached hydrogen (secondary N) is 3. The SMILES string of the molecule is O=C(Nc1ccccc1)Nc1ccccc1NC(=O)c1ccc(Sc2ccccc2)cc1. The lowest BCUT2D eigenvalue weighted by Crippen LogP contribution is -2.21. The molecule has 0 atom stereocenters. The average molecular weight is 440 g/mol. The number of amides is 3. The van der Waals surface area contributed by atoms with Crippen molar-refractivity contribution in [1.29, 1.82) is 0 Å². The molecule has 0 unspecified atom stereocenters. The Morgan fingerprint density at radius 3 is 1.72 bits per heavy atom. The molecule has 0 bridgehead atoms. The number of rotatable bonds is 6. The van der Waals surface area contributed by atoms with E-state index in [9.17, 15) is 9.59 Å². The summed E-state index contributed by atoms with van der Waals surface area (Å²) < 4.78 is 0. The molecule has 0 saturated heterocycles. The standard InChI is InChI=1S/C26H21N3O2S/c30-25(19-15-17-22(18-16-19)32-21-11-5-2-6-12-21)28-23-13-7-8-14-24(23)29-26(31)27-20-9-3-1-4-10-20/h1-18H,(H,28,30)(H2,27,29,31). The summed E-state index contributed by atoms with van der Waals surface area (Å²) >= 11 is 1.64. The second-order valence-corrected chi connectivity index (χ2v) is 8.03. The first kappa shape index (κ1) is 21.2. The van der Waals surface area contributed by atoms with Gasteiger partial charge in [-0.1, -0.05) is 60.3 Å². The first-order valence-corrected chi connectivity index (χ1v) is 10.9. The fraction of sp³-hybridized carbons (Fsp3) is 0. The maximum Gasteiger partial charge on any atom is 0.323 e. The van der Waals surface area contributed by atoms with Gasteiger partial charge in [-0.2, -0.15) is 0 Å². The van der Waals surface area contributed by atoms with Gasteiger partial charge in [0.1, 0.15) is 0 Å². The van der Waals surface area contributed by atoms with Crippen molar-refractivity contribution in [2.45, 2.75) is 9.79 Å². The number of urea groups is 1. The van der Waals surface area contributed by atoms with Gasteiger partial charge in [0, 0.05) is 21.0 Å². The zero-order valence-corrected chi connectivity index (χ0v) is 17.9. The van der Waals surface area contributed by atoms with Crippen molar-refractivity contribution in [3.05, 3.63) is 115 Å². The van der Waals surface area contributed by atoms with E-state index in [1.165, 1.54) is 0 Å². The molecular weight excluding hydrogens is 418 g/mol. The molecule has 3 N–H and O–H groups in total. The molecular formula is C26H21N3O2S. The van der Waals surface area contributed by atoms with Crippen LogP contribution in [0.5, 0.6) is 0 Å². The minimum absolute atomic E-state index is 0.251. The van der Waals surface area contributed by atoms with Crippen LogP contribution in [-0.4, -0.2) is 11.9 Å². The smallest absolute Gasteiger partial charge is 0.320 e. The zero-order chi connectivity index (χ0) is 22.2.